The van der Waals surface area contributed by atoms with E-state index in [-0.39, 0.29) is 18.1 Å². The van der Waals surface area contributed by atoms with Crippen LogP contribution in [0.15, 0.2) is 40.2 Å². The lowest BCUT2D eigenvalue weighted by Crippen LogP contribution is -2.32. The van der Waals surface area contributed by atoms with E-state index >= 15 is 0 Å². The van der Waals surface area contributed by atoms with E-state index < -0.39 is 4.92 Å². The van der Waals surface area contributed by atoms with Gasteiger partial charge in [0.05, 0.1) is 15.3 Å². The second-order valence-electron chi connectivity index (χ2n) is 4.86. The minimum atomic E-state index is -0.483. The van der Waals surface area contributed by atoms with E-state index in [1.54, 1.807) is 23.5 Å². The lowest BCUT2D eigenvalue weighted by atomic mass is 10.3. The number of thiophene rings is 1. The van der Waals surface area contributed by atoms with E-state index in [9.17, 15) is 14.9 Å². The minimum Gasteiger partial charge on any atom is -0.325 e. The third-order valence-electron chi connectivity index (χ3n) is 3.16. The highest BCUT2D eigenvalue weighted by Gasteiger charge is 2.12. The summed E-state index contributed by atoms with van der Waals surface area (Å²) in [6.07, 6.45) is 0. The van der Waals surface area contributed by atoms with Crippen LogP contribution in [0.3, 0.4) is 0 Å². The topological polar surface area (TPSA) is 75.5 Å². The van der Waals surface area contributed by atoms with Gasteiger partial charge >= 0.3 is 0 Å². The van der Waals surface area contributed by atoms with Gasteiger partial charge in [0.25, 0.3) is 5.69 Å². The second-order valence-corrected chi connectivity index (χ2v) is 7.41. The van der Waals surface area contributed by atoms with Gasteiger partial charge in [0, 0.05) is 29.2 Å². The molecular formula is C15H16BrN3O3S. The zero-order valence-electron chi connectivity index (χ0n) is 12.5. The summed E-state index contributed by atoms with van der Waals surface area (Å²) < 4.78 is 1.06. The molecule has 0 saturated heterocycles. The van der Waals surface area contributed by atoms with Crippen LogP contribution in [0.1, 0.15) is 11.8 Å². The molecule has 0 atom stereocenters. The summed E-state index contributed by atoms with van der Waals surface area (Å²) in [5.41, 5.74) is 0.387. The Morgan fingerprint density at radius 2 is 2.17 bits per heavy atom. The van der Waals surface area contributed by atoms with E-state index in [0.29, 0.717) is 12.2 Å². The number of carbonyl (C=O) groups is 1. The first-order valence-electron chi connectivity index (χ1n) is 6.99. The monoisotopic (exact) mass is 397 g/mol. The van der Waals surface area contributed by atoms with Crippen LogP contribution in [0.2, 0.25) is 0 Å². The van der Waals surface area contributed by atoms with Crippen LogP contribution in [0.5, 0.6) is 0 Å². The average Bonchev–Trinajstić information content (AvgIpc) is 2.91. The van der Waals surface area contributed by atoms with E-state index in [0.717, 1.165) is 10.3 Å². The third-order valence-corrected chi connectivity index (χ3v) is 4.77. The number of nitro groups is 1. The molecule has 1 aromatic heterocycles. The highest BCUT2D eigenvalue weighted by atomic mass is 79.9. The SMILES string of the molecule is CCN(CC(=O)Nc1cccc([N+](=O)[O-])c1)Cc1ccc(Br)s1. The van der Waals surface area contributed by atoms with Gasteiger partial charge in [-0.1, -0.05) is 13.0 Å². The molecule has 1 amide bonds. The summed E-state index contributed by atoms with van der Waals surface area (Å²) in [5, 5.41) is 13.5. The number of non-ortho nitro benzene ring substituents is 1. The molecule has 2 rings (SSSR count). The molecule has 122 valence electrons. The Morgan fingerprint density at radius 1 is 1.39 bits per heavy atom. The Kier molecular flexibility index (Phi) is 6.26. The van der Waals surface area contributed by atoms with Gasteiger partial charge in [-0.3, -0.25) is 19.8 Å². The lowest BCUT2D eigenvalue weighted by Gasteiger charge is -2.19. The molecule has 0 radical (unpaired) electrons. The number of rotatable bonds is 7. The van der Waals surface area contributed by atoms with Crippen LogP contribution in [0.4, 0.5) is 11.4 Å². The molecule has 0 spiro atoms. The van der Waals surface area contributed by atoms with Crippen molar-refractivity contribution in [3.05, 3.63) is 55.2 Å². The van der Waals surface area contributed by atoms with Gasteiger partial charge in [-0.2, -0.15) is 0 Å². The smallest absolute Gasteiger partial charge is 0.271 e. The van der Waals surface area contributed by atoms with Crippen LogP contribution < -0.4 is 5.32 Å². The molecule has 8 heteroatoms. The molecule has 0 unspecified atom stereocenters. The van der Waals surface area contributed by atoms with Gasteiger partial charge in [-0.25, -0.2) is 0 Å². The quantitative estimate of drug-likeness (QED) is 0.567. The number of hydrogen-bond acceptors (Lipinski definition) is 5. The molecule has 0 fully saturated rings. The molecule has 23 heavy (non-hydrogen) atoms. The summed E-state index contributed by atoms with van der Waals surface area (Å²) in [6.45, 7) is 3.64. The van der Waals surface area contributed by atoms with Crippen molar-refractivity contribution in [1.29, 1.82) is 0 Å². The maximum Gasteiger partial charge on any atom is 0.271 e. The molecule has 0 saturated carbocycles. The number of anilines is 1. The van der Waals surface area contributed by atoms with Gasteiger partial charge < -0.3 is 5.32 Å². The summed E-state index contributed by atoms with van der Waals surface area (Å²) >= 11 is 5.06. The number of nitrogens with zero attached hydrogens (tertiary/aromatic N) is 2. The van der Waals surface area contributed by atoms with Crippen LogP contribution in [-0.2, 0) is 11.3 Å². The Balaban J connectivity index is 1.94. The zero-order chi connectivity index (χ0) is 16.8. The van der Waals surface area contributed by atoms with Crippen molar-refractivity contribution in [3.63, 3.8) is 0 Å². The number of nitro benzene ring substituents is 1. The summed E-state index contributed by atoms with van der Waals surface area (Å²) in [6, 6.07) is 9.94. The van der Waals surface area contributed by atoms with Gasteiger partial charge in [0.2, 0.25) is 5.91 Å². The van der Waals surface area contributed by atoms with E-state index in [1.807, 2.05) is 24.0 Å². The van der Waals surface area contributed by atoms with Crippen molar-refractivity contribution >= 4 is 44.5 Å². The first-order chi connectivity index (χ1) is 11.0. The van der Waals surface area contributed by atoms with Crippen molar-refractivity contribution in [3.8, 4) is 0 Å². The van der Waals surface area contributed by atoms with E-state index in [1.165, 1.54) is 17.0 Å². The fourth-order valence-electron chi connectivity index (χ4n) is 2.04. The molecule has 0 aliphatic heterocycles. The number of hydrogen-bond donors (Lipinski definition) is 1. The molecule has 0 aliphatic rings. The van der Waals surface area contributed by atoms with Crippen molar-refractivity contribution in [2.75, 3.05) is 18.4 Å². The van der Waals surface area contributed by atoms with Crippen molar-refractivity contribution < 1.29 is 9.72 Å². The third kappa shape index (κ3) is 5.42. The number of benzene rings is 1. The Labute approximate surface area is 146 Å². The van der Waals surface area contributed by atoms with Crippen molar-refractivity contribution in [2.24, 2.45) is 0 Å². The molecule has 1 heterocycles. The van der Waals surface area contributed by atoms with Crippen LogP contribution in [0, 0.1) is 10.1 Å². The standard InChI is InChI=1S/C15H16BrN3O3S/c1-2-18(9-13-6-7-14(16)23-13)10-15(20)17-11-4-3-5-12(8-11)19(21)22/h3-8H,2,9-10H2,1H3,(H,17,20). The first-order valence-corrected chi connectivity index (χ1v) is 8.59. The summed E-state index contributed by atoms with van der Waals surface area (Å²) in [4.78, 5) is 25.6. The Morgan fingerprint density at radius 3 is 2.78 bits per heavy atom. The highest BCUT2D eigenvalue weighted by Crippen LogP contribution is 2.23. The van der Waals surface area contributed by atoms with Gasteiger partial charge in [-0.05, 0) is 40.7 Å². The molecule has 6 nitrogen and oxygen atoms in total. The molecule has 0 aliphatic carbocycles. The van der Waals surface area contributed by atoms with Crippen LogP contribution in [-0.4, -0.2) is 28.8 Å². The number of amides is 1. The normalized spacial score (nSPS) is 10.7. The Hall–Kier alpha value is -1.77. The van der Waals surface area contributed by atoms with E-state index in [4.69, 9.17) is 0 Å². The van der Waals surface area contributed by atoms with Crippen LogP contribution in [0.25, 0.3) is 0 Å². The number of nitrogens with one attached hydrogen (secondary N) is 1. The summed E-state index contributed by atoms with van der Waals surface area (Å²) in [5.74, 6) is -0.192. The molecule has 1 N–H and O–H groups in total. The second kappa shape index (κ2) is 8.19. The predicted octanol–water partition coefficient (Wildman–Crippen LogP) is 3.88. The molecule has 1 aromatic carbocycles. The lowest BCUT2D eigenvalue weighted by molar-refractivity contribution is -0.384. The van der Waals surface area contributed by atoms with Crippen molar-refractivity contribution in [1.82, 2.24) is 4.90 Å². The van der Waals surface area contributed by atoms with Gasteiger partial charge in [0.1, 0.15) is 0 Å². The average molecular weight is 398 g/mol. The first kappa shape index (κ1) is 17.6. The number of halogens is 1. The summed E-state index contributed by atoms with van der Waals surface area (Å²) in [7, 11) is 0. The fourth-order valence-corrected chi connectivity index (χ4v) is 3.56. The van der Waals surface area contributed by atoms with Crippen molar-refractivity contribution in [2.45, 2.75) is 13.5 Å². The van der Waals surface area contributed by atoms with Gasteiger partial charge in [-0.15, -0.1) is 11.3 Å². The maximum absolute atomic E-state index is 12.1. The number of likely N-dealkylation sites (N-methyl/N-ethyl adjacent to an activating group) is 1. The number of carbonyl (C=O) groups excluding carboxylic acids is 1. The Bertz CT molecular complexity index is 705. The molecule has 0 bridgehead atoms. The minimum absolute atomic E-state index is 0.0430. The predicted molar refractivity (Wildman–Crippen MR) is 94.7 cm³/mol. The highest BCUT2D eigenvalue weighted by molar-refractivity contribution is 9.11. The largest absolute Gasteiger partial charge is 0.325 e. The maximum atomic E-state index is 12.1. The molecule has 2 aromatic rings. The van der Waals surface area contributed by atoms with E-state index in [2.05, 4.69) is 21.2 Å². The van der Waals surface area contributed by atoms with Gasteiger partial charge in [0.15, 0.2) is 0 Å². The van der Waals surface area contributed by atoms with Crippen LogP contribution >= 0.6 is 27.3 Å². The zero-order valence-corrected chi connectivity index (χ0v) is 14.9. The fraction of sp³-hybridized carbons (Fsp3) is 0.267. The molecular weight excluding hydrogens is 382 g/mol.